The first kappa shape index (κ1) is 30.0. The SMILES string of the molecule is COC[C@@H]1CCCN1c1ccc2c(c1)CNCC(=O)N1CC[C@@H](CC(=O)N(C)CCc3ccccn3)[C@@H](C=CCO2)C1. The molecule has 42 heavy (non-hydrogen) atoms. The van der Waals surface area contributed by atoms with Gasteiger partial charge in [0, 0.05) is 82.9 Å². The van der Waals surface area contributed by atoms with E-state index in [4.69, 9.17) is 9.47 Å². The van der Waals surface area contributed by atoms with E-state index in [1.165, 1.54) is 5.69 Å². The fourth-order valence-electron chi connectivity index (χ4n) is 6.41. The third-order valence-electron chi connectivity index (χ3n) is 8.87. The molecule has 3 aliphatic heterocycles. The van der Waals surface area contributed by atoms with Gasteiger partial charge in [-0.3, -0.25) is 14.6 Å². The Kier molecular flexibility index (Phi) is 10.5. The van der Waals surface area contributed by atoms with Crippen LogP contribution in [0.1, 0.15) is 36.9 Å². The maximum absolute atomic E-state index is 13.2. The van der Waals surface area contributed by atoms with Gasteiger partial charge in [0.1, 0.15) is 12.4 Å². The van der Waals surface area contributed by atoms with Crippen molar-refractivity contribution in [1.82, 2.24) is 20.1 Å². The molecule has 9 heteroatoms. The number of ether oxygens (including phenoxy) is 2. The smallest absolute Gasteiger partial charge is 0.236 e. The molecule has 3 atom stereocenters. The zero-order chi connectivity index (χ0) is 29.3. The summed E-state index contributed by atoms with van der Waals surface area (Å²) in [6.07, 6.45) is 10.3. The van der Waals surface area contributed by atoms with Gasteiger partial charge in [-0.15, -0.1) is 0 Å². The van der Waals surface area contributed by atoms with Crippen LogP contribution >= 0.6 is 0 Å². The molecule has 0 saturated carbocycles. The Morgan fingerprint density at radius 3 is 2.93 bits per heavy atom. The number of rotatable bonds is 8. The molecule has 0 radical (unpaired) electrons. The van der Waals surface area contributed by atoms with Crippen molar-refractivity contribution in [3.8, 4) is 5.75 Å². The predicted octanol–water partition coefficient (Wildman–Crippen LogP) is 3.29. The average molecular weight is 576 g/mol. The molecule has 2 fully saturated rings. The second kappa shape index (κ2) is 14.6. The number of nitrogens with zero attached hydrogens (tertiary/aromatic N) is 4. The van der Waals surface area contributed by atoms with E-state index in [2.05, 4.69) is 39.5 Å². The summed E-state index contributed by atoms with van der Waals surface area (Å²) in [5, 5.41) is 3.37. The summed E-state index contributed by atoms with van der Waals surface area (Å²) in [5.41, 5.74) is 3.20. The summed E-state index contributed by atoms with van der Waals surface area (Å²) in [6.45, 7) is 4.94. The Balaban J connectivity index is 1.24. The Morgan fingerprint density at radius 1 is 1.19 bits per heavy atom. The highest BCUT2D eigenvalue weighted by molar-refractivity contribution is 5.79. The van der Waals surface area contributed by atoms with Crippen molar-refractivity contribution < 1.29 is 19.1 Å². The fourth-order valence-corrected chi connectivity index (χ4v) is 6.41. The van der Waals surface area contributed by atoms with E-state index >= 15 is 0 Å². The van der Waals surface area contributed by atoms with Crippen LogP contribution in [0.15, 0.2) is 54.7 Å². The molecule has 1 N–H and O–H groups in total. The van der Waals surface area contributed by atoms with Crippen LogP contribution in [0.25, 0.3) is 0 Å². The number of amides is 2. The summed E-state index contributed by atoms with van der Waals surface area (Å²) in [6, 6.07) is 12.6. The zero-order valence-electron chi connectivity index (χ0n) is 25.0. The van der Waals surface area contributed by atoms with Gasteiger partial charge < -0.3 is 29.5 Å². The number of carbonyl (C=O) groups is 2. The van der Waals surface area contributed by atoms with Gasteiger partial charge in [-0.2, -0.15) is 0 Å². The van der Waals surface area contributed by atoms with Crippen LogP contribution in [0.4, 0.5) is 5.69 Å². The van der Waals surface area contributed by atoms with Crippen molar-refractivity contribution in [2.75, 3.05) is 65.0 Å². The second-order valence-electron chi connectivity index (χ2n) is 11.7. The molecule has 9 nitrogen and oxygen atoms in total. The third kappa shape index (κ3) is 7.69. The molecule has 1 aromatic carbocycles. The number of aromatic nitrogens is 1. The Labute approximate surface area is 249 Å². The van der Waals surface area contributed by atoms with Crippen molar-refractivity contribution in [3.05, 3.63) is 66.0 Å². The maximum atomic E-state index is 13.2. The maximum Gasteiger partial charge on any atom is 0.236 e. The van der Waals surface area contributed by atoms with Gasteiger partial charge in [0.05, 0.1) is 19.2 Å². The van der Waals surface area contributed by atoms with E-state index in [9.17, 15) is 9.59 Å². The van der Waals surface area contributed by atoms with Gasteiger partial charge in [0.15, 0.2) is 0 Å². The van der Waals surface area contributed by atoms with Crippen LogP contribution in [0.2, 0.25) is 0 Å². The molecule has 1 aromatic heterocycles. The molecule has 5 rings (SSSR count). The fraction of sp³-hybridized carbons (Fsp3) is 0.545. The Morgan fingerprint density at radius 2 is 2.10 bits per heavy atom. The minimum absolute atomic E-state index is 0.100. The summed E-state index contributed by atoms with van der Waals surface area (Å²) >= 11 is 0. The van der Waals surface area contributed by atoms with Crippen LogP contribution in [0, 0.1) is 11.8 Å². The Bertz CT molecular complexity index is 1220. The molecule has 0 spiro atoms. The predicted molar refractivity (Wildman–Crippen MR) is 163 cm³/mol. The summed E-state index contributed by atoms with van der Waals surface area (Å²) in [5.74, 6) is 1.36. The molecule has 3 aliphatic rings. The lowest BCUT2D eigenvalue weighted by molar-refractivity contribution is -0.134. The van der Waals surface area contributed by atoms with E-state index in [0.717, 1.165) is 55.8 Å². The van der Waals surface area contributed by atoms with Crippen molar-refractivity contribution >= 4 is 17.5 Å². The first-order valence-corrected chi connectivity index (χ1v) is 15.3. The average Bonchev–Trinajstić information content (AvgIpc) is 3.47. The molecular weight excluding hydrogens is 530 g/mol. The lowest BCUT2D eigenvalue weighted by Crippen LogP contribution is -2.47. The van der Waals surface area contributed by atoms with Gasteiger partial charge in [0.25, 0.3) is 0 Å². The molecule has 2 bridgehead atoms. The minimum Gasteiger partial charge on any atom is -0.489 e. The number of nitrogens with one attached hydrogen (secondary N) is 1. The summed E-state index contributed by atoms with van der Waals surface area (Å²) in [4.78, 5) is 36.9. The highest BCUT2D eigenvalue weighted by atomic mass is 16.5. The number of piperidine rings is 1. The molecule has 0 unspecified atom stereocenters. The van der Waals surface area contributed by atoms with Crippen molar-refractivity contribution in [3.63, 3.8) is 0 Å². The number of hydrogen-bond acceptors (Lipinski definition) is 7. The van der Waals surface area contributed by atoms with Crippen molar-refractivity contribution in [2.24, 2.45) is 11.8 Å². The minimum atomic E-state index is 0.100. The van der Waals surface area contributed by atoms with Crippen LogP contribution in [0.3, 0.4) is 0 Å². The number of carbonyl (C=O) groups excluding carboxylic acids is 2. The number of likely N-dealkylation sites (N-methyl/N-ethyl adjacent to an activating group) is 1. The molecular formula is C33H45N5O4. The van der Waals surface area contributed by atoms with Gasteiger partial charge in [-0.25, -0.2) is 0 Å². The number of hydrogen-bond donors (Lipinski definition) is 1. The zero-order valence-corrected chi connectivity index (χ0v) is 25.0. The Hall–Kier alpha value is -3.43. The van der Waals surface area contributed by atoms with Crippen LogP contribution < -0.4 is 15.0 Å². The molecule has 226 valence electrons. The van der Waals surface area contributed by atoms with Crippen molar-refractivity contribution in [2.45, 2.75) is 44.7 Å². The molecule has 2 saturated heterocycles. The summed E-state index contributed by atoms with van der Waals surface area (Å²) in [7, 11) is 3.63. The largest absolute Gasteiger partial charge is 0.489 e. The van der Waals surface area contributed by atoms with Crippen LogP contribution in [-0.4, -0.2) is 92.7 Å². The molecule has 2 amide bonds. The highest BCUT2D eigenvalue weighted by Gasteiger charge is 2.32. The number of fused-ring (bicyclic) bond motifs is 3. The number of anilines is 1. The lowest BCUT2D eigenvalue weighted by Gasteiger charge is -2.37. The van der Waals surface area contributed by atoms with E-state index < -0.39 is 0 Å². The first-order chi connectivity index (χ1) is 20.5. The van der Waals surface area contributed by atoms with Gasteiger partial charge in [-0.05, 0) is 61.4 Å². The van der Waals surface area contributed by atoms with Gasteiger partial charge in [0.2, 0.25) is 11.8 Å². The molecule has 4 heterocycles. The summed E-state index contributed by atoms with van der Waals surface area (Å²) < 4.78 is 11.7. The monoisotopic (exact) mass is 575 g/mol. The number of benzene rings is 1. The van der Waals surface area contributed by atoms with Crippen molar-refractivity contribution in [1.29, 1.82) is 0 Å². The van der Waals surface area contributed by atoms with E-state index in [0.29, 0.717) is 45.2 Å². The van der Waals surface area contributed by atoms with Gasteiger partial charge >= 0.3 is 0 Å². The topological polar surface area (TPSA) is 87.2 Å². The highest BCUT2D eigenvalue weighted by Crippen LogP contribution is 2.32. The number of methoxy groups -OCH3 is 1. The van der Waals surface area contributed by atoms with E-state index in [1.54, 1.807) is 13.3 Å². The second-order valence-corrected chi connectivity index (χ2v) is 11.7. The van der Waals surface area contributed by atoms with Crippen LogP contribution in [-0.2, 0) is 27.3 Å². The normalized spacial score (nSPS) is 22.9. The van der Waals surface area contributed by atoms with E-state index in [1.807, 2.05) is 41.1 Å². The number of pyridine rings is 1. The lowest BCUT2D eigenvalue weighted by atomic mass is 9.82. The van der Waals surface area contributed by atoms with Gasteiger partial charge in [-0.1, -0.05) is 18.2 Å². The molecule has 0 aliphatic carbocycles. The molecule has 2 aromatic rings. The quantitative estimate of drug-likeness (QED) is 0.484. The third-order valence-corrected chi connectivity index (χ3v) is 8.87. The van der Waals surface area contributed by atoms with E-state index in [-0.39, 0.29) is 30.2 Å². The van der Waals surface area contributed by atoms with Crippen LogP contribution in [0.5, 0.6) is 5.75 Å². The first-order valence-electron chi connectivity index (χ1n) is 15.3. The standard InChI is InChI=1S/C33H45N5O4/c1-36(16-13-28-8-3-4-14-35-28)32(39)20-25-12-17-37-23-26(25)7-6-18-42-31-11-10-29(19-27(31)21-34-22-33(37)40)38-15-5-9-30(38)24-41-2/h3-4,6-8,10-11,14,19,25-26,30,34H,5,9,12-13,15-18,20-24H2,1-2H3/t25-,26-,30-/m0/s1.